The summed E-state index contributed by atoms with van der Waals surface area (Å²) in [6.07, 6.45) is 3.12. The largest absolute Gasteiger partial charge is 0.477 e. The summed E-state index contributed by atoms with van der Waals surface area (Å²) in [6.45, 7) is 1.66. The number of carbonyl (C=O) groups is 1. The van der Waals surface area contributed by atoms with Crippen LogP contribution in [0.2, 0.25) is 0 Å². The van der Waals surface area contributed by atoms with Crippen LogP contribution < -0.4 is 4.72 Å². The van der Waals surface area contributed by atoms with Gasteiger partial charge in [0.15, 0.2) is 0 Å². The van der Waals surface area contributed by atoms with E-state index in [0.717, 1.165) is 16.9 Å². The Morgan fingerprint density at radius 1 is 1.40 bits per heavy atom. The predicted molar refractivity (Wildman–Crippen MR) is 74.3 cm³/mol. The molecule has 0 unspecified atom stereocenters. The molecule has 20 heavy (non-hydrogen) atoms. The first-order chi connectivity index (χ1) is 9.42. The molecule has 106 valence electrons. The second kappa shape index (κ2) is 5.70. The van der Waals surface area contributed by atoms with Gasteiger partial charge in [0.25, 0.3) is 0 Å². The molecule has 0 bridgehead atoms. The summed E-state index contributed by atoms with van der Waals surface area (Å²) < 4.78 is 26.9. The second-order valence-electron chi connectivity index (χ2n) is 4.06. The number of pyridine rings is 1. The first-order valence-corrected chi connectivity index (χ1v) is 7.98. The molecular formula is C12H12N2O4S2. The van der Waals surface area contributed by atoms with Gasteiger partial charge in [0.2, 0.25) is 10.0 Å². The summed E-state index contributed by atoms with van der Waals surface area (Å²) in [5, 5.41) is 10.6. The normalized spacial score (nSPS) is 11.4. The number of carboxylic acids is 1. The minimum atomic E-state index is -3.86. The van der Waals surface area contributed by atoms with E-state index in [2.05, 4.69) is 9.71 Å². The van der Waals surface area contributed by atoms with Gasteiger partial charge in [-0.15, -0.1) is 11.3 Å². The van der Waals surface area contributed by atoms with Gasteiger partial charge in [0.05, 0.1) is 0 Å². The van der Waals surface area contributed by atoms with E-state index in [1.54, 1.807) is 31.5 Å². The highest BCUT2D eigenvalue weighted by Crippen LogP contribution is 2.26. The molecule has 2 aromatic heterocycles. The maximum atomic E-state index is 12.2. The number of aryl methyl sites for hydroxylation is 1. The SMILES string of the molecule is Cc1csc(C(=O)O)c1S(=O)(=O)NCc1ccncc1. The molecule has 2 rings (SSSR count). The van der Waals surface area contributed by atoms with Gasteiger partial charge >= 0.3 is 5.97 Å². The third kappa shape index (κ3) is 3.03. The maximum Gasteiger partial charge on any atom is 0.347 e. The van der Waals surface area contributed by atoms with Crippen molar-refractivity contribution in [3.05, 3.63) is 45.9 Å². The topological polar surface area (TPSA) is 96.4 Å². The Balaban J connectivity index is 2.27. The van der Waals surface area contributed by atoms with E-state index in [9.17, 15) is 13.2 Å². The summed E-state index contributed by atoms with van der Waals surface area (Å²) in [6, 6.07) is 3.36. The molecule has 0 aliphatic heterocycles. The summed E-state index contributed by atoms with van der Waals surface area (Å²) in [5.74, 6) is -1.24. The standard InChI is InChI=1S/C12H12N2O4S2/c1-8-7-19-10(12(15)16)11(8)20(17,18)14-6-9-2-4-13-5-3-9/h2-5,7,14H,6H2,1H3,(H,15,16). The van der Waals surface area contributed by atoms with Crippen LogP contribution in [0.5, 0.6) is 0 Å². The number of rotatable bonds is 5. The van der Waals surface area contributed by atoms with Crippen LogP contribution in [-0.2, 0) is 16.6 Å². The van der Waals surface area contributed by atoms with Gasteiger partial charge in [-0.1, -0.05) is 0 Å². The van der Waals surface area contributed by atoms with E-state index in [-0.39, 0.29) is 16.3 Å². The van der Waals surface area contributed by atoms with Gasteiger partial charge in [-0.05, 0) is 35.6 Å². The minimum absolute atomic E-state index is 0.0825. The maximum absolute atomic E-state index is 12.2. The van der Waals surface area contributed by atoms with Crippen LogP contribution in [0.25, 0.3) is 0 Å². The van der Waals surface area contributed by atoms with Gasteiger partial charge in [0.1, 0.15) is 9.77 Å². The smallest absolute Gasteiger partial charge is 0.347 e. The lowest BCUT2D eigenvalue weighted by Crippen LogP contribution is -2.25. The van der Waals surface area contributed by atoms with E-state index in [1.165, 1.54) is 5.38 Å². The Morgan fingerprint density at radius 3 is 2.65 bits per heavy atom. The number of aromatic carboxylic acids is 1. The molecule has 0 spiro atoms. The monoisotopic (exact) mass is 312 g/mol. The second-order valence-corrected chi connectivity index (χ2v) is 6.65. The number of thiophene rings is 1. The van der Waals surface area contributed by atoms with Gasteiger partial charge in [-0.3, -0.25) is 4.98 Å². The Morgan fingerprint density at radius 2 is 2.05 bits per heavy atom. The molecule has 6 nitrogen and oxygen atoms in total. The first-order valence-electron chi connectivity index (χ1n) is 5.62. The van der Waals surface area contributed by atoms with E-state index >= 15 is 0 Å². The molecule has 2 N–H and O–H groups in total. The van der Waals surface area contributed by atoms with E-state index < -0.39 is 16.0 Å². The van der Waals surface area contributed by atoms with Crippen LogP contribution in [0.15, 0.2) is 34.8 Å². The van der Waals surface area contributed by atoms with Crippen molar-refractivity contribution >= 4 is 27.3 Å². The fourth-order valence-electron chi connectivity index (χ4n) is 1.67. The Kier molecular flexibility index (Phi) is 4.17. The number of nitrogens with zero attached hydrogens (tertiary/aromatic N) is 1. The minimum Gasteiger partial charge on any atom is -0.477 e. The molecule has 0 aliphatic rings. The summed E-state index contributed by atoms with van der Waals surface area (Å²) in [7, 11) is -3.86. The number of hydrogen-bond donors (Lipinski definition) is 2. The zero-order valence-corrected chi connectivity index (χ0v) is 12.2. The lowest BCUT2D eigenvalue weighted by molar-refractivity contribution is 0.0698. The van der Waals surface area contributed by atoms with Gasteiger partial charge in [0, 0.05) is 18.9 Å². The number of hydrogen-bond acceptors (Lipinski definition) is 5. The number of sulfonamides is 1. The molecule has 0 saturated heterocycles. The van der Waals surface area contributed by atoms with Crippen LogP contribution in [0.1, 0.15) is 20.8 Å². The van der Waals surface area contributed by atoms with Crippen LogP contribution in [0.4, 0.5) is 0 Å². The Hall–Kier alpha value is -1.77. The summed E-state index contributed by atoms with van der Waals surface area (Å²) in [5.41, 5.74) is 1.17. The zero-order chi connectivity index (χ0) is 14.8. The molecule has 0 aliphatic carbocycles. The molecule has 0 atom stereocenters. The van der Waals surface area contributed by atoms with Crippen molar-refractivity contribution in [2.24, 2.45) is 0 Å². The van der Waals surface area contributed by atoms with Gasteiger partial charge < -0.3 is 5.11 Å². The molecule has 0 aromatic carbocycles. The highest BCUT2D eigenvalue weighted by molar-refractivity contribution is 7.89. The lowest BCUT2D eigenvalue weighted by atomic mass is 10.3. The van der Waals surface area contributed by atoms with Crippen molar-refractivity contribution in [3.63, 3.8) is 0 Å². The van der Waals surface area contributed by atoms with Crippen molar-refractivity contribution < 1.29 is 18.3 Å². The van der Waals surface area contributed by atoms with Crippen molar-refractivity contribution in [2.75, 3.05) is 0 Å². The van der Waals surface area contributed by atoms with Crippen molar-refractivity contribution in [2.45, 2.75) is 18.4 Å². The highest BCUT2D eigenvalue weighted by atomic mass is 32.2. The third-order valence-electron chi connectivity index (χ3n) is 2.60. The quantitative estimate of drug-likeness (QED) is 0.874. The number of aromatic nitrogens is 1. The number of carboxylic acid groups (broad SMARTS) is 1. The van der Waals surface area contributed by atoms with Gasteiger partial charge in [-0.25, -0.2) is 17.9 Å². The van der Waals surface area contributed by atoms with Crippen molar-refractivity contribution in [1.29, 1.82) is 0 Å². The van der Waals surface area contributed by atoms with Crippen molar-refractivity contribution in [3.8, 4) is 0 Å². The van der Waals surface area contributed by atoms with Crippen LogP contribution in [-0.4, -0.2) is 24.5 Å². The van der Waals surface area contributed by atoms with Crippen LogP contribution in [0.3, 0.4) is 0 Å². The molecule has 0 fully saturated rings. The zero-order valence-electron chi connectivity index (χ0n) is 10.5. The highest BCUT2D eigenvalue weighted by Gasteiger charge is 2.26. The fourth-order valence-corrected chi connectivity index (χ4v) is 4.31. The third-order valence-corrected chi connectivity index (χ3v) is 5.40. The van der Waals surface area contributed by atoms with Crippen LogP contribution in [0, 0.1) is 6.92 Å². The molecule has 0 amide bonds. The van der Waals surface area contributed by atoms with Crippen molar-refractivity contribution in [1.82, 2.24) is 9.71 Å². The molecule has 0 radical (unpaired) electrons. The molecule has 8 heteroatoms. The summed E-state index contributed by atoms with van der Waals surface area (Å²) >= 11 is 0.904. The molecule has 0 saturated carbocycles. The number of nitrogens with one attached hydrogen (secondary N) is 1. The first kappa shape index (κ1) is 14.6. The van der Waals surface area contributed by atoms with Gasteiger partial charge in [-0.2, -0.15) is 0 Å². The summed E-state index contributed by atoms with van der Waals surface area (Å²) in [4.78, 5) is 14.6. The van der Waals surface area contributed by atoms with E-state index in [0.29, 0.717) is 5.56 Å². The van der Waals surface area contributed by atoms with E-state index in [1.807, 2.05) is 0 Å². The van der Waals surface area contributed by atoms with Crippen LogP contribution >= 0.6 is 11.3 Å². The van der Waals surface area contributed by atoms with E-state index in [4.69, 9.17) is 5.11 Å². The lowest BCUT2D eigenvalue weighted by Gasteiger charge is -2.07. The average Bonchev–Trinajstić information content (AvgIpc) is 2.81. The molecule has 2 aromatic rings. The fraction of sp³-hybridized carbons (Fsp3) is 0.167. The molecule has 2 heterocycles. The Bertz CT molecular complexity index is 723. The Labute approximate surface area is 120 Å². The average molecular weight is 312 g/mol. The predicted octanol–water partition coefficient (Wildman–Crippen LogP) is 1.63. The molecular weight excluding hydrogens is 300 g/mol.